The van der Waals surface area contributed by atoms with E-state index >= 15 is 0 Å². The standard InChI is InChI=1S/C16H18N2O5S/c1-11-8-9-13(10-15(11)18(19)20)24(21,22)17-12(2)14-6-4-5-7-16(14)23-3/h4-10,12,17H,1-3H3/t12-/m0/s1. The smallest absolute Gasteiger partial charge is 0.273 e. The topological polar surface area (TPSA) is 98.5 Å². The van der Waals surface area contributed by atoms with Crippen LogP contribution in [0.4, 0.5) is 5.69 Å². The molecule has 0 radical (unpaired) electrons. The van der Waals surface area contributed by atoms with Gasteiger partial charge in [-0.2, -0.15) is 0 Å². The Bertz CT molecular complexity index is 865. The van der Waals surface area contributed by atoms with E-state index in [1.165, 1.54) is 19.2 Å². The third kappa shape index (κ3) is 3.72. The van der Waals surface area contributed by atoms with Gasteiger partial charge in [0.05, 0.1) is 16.9 Å². The fourth-order valence-corrected chi connectivity index (χ4v) is 3.58. The van der Waals surface area contributed by atoms with Crippen molar-refractivity contribution >= 4 is 15.7 Å². The summed E-state index contributed by atoms with van der Waals surface area (Å²) in [5.74, 6) is 0.558. The van der Waals surface area contributed by atoms with Gasteiger partial charge in [-0.3, -0.25) is 10.1 Å². The molecule has 0 amide bonds. The van der Waals surface area contributed by atoms with Gasteiger partial charge in [-0.25, -0.2) is 13.1 Å². The first-order valence-corrected chi connectivity index (χ1v) is 8.65. The molecule has 0 saturated heterocycles. The van der Waals surface area contributed by atoms with Gasteiger partial charge < -0.3 is 4.74 Å². The number of nitrogens with one attached hydrogen (secondary N) is 1. The lowest BCUT2D eigenvalue weighted by atomic mass is 10.1. The lowest BCUT2D eigenvalue weighted by molar-refractivity contribution is -0.385. The Morgan fingerprint density at radius 2 is 1.88 bits per heavy atom. The van der Waals surface area contributed by atoms with Gasteiger partial charge in [0.15, 0.2) is 0 Å². The van der Waals surface area contributed by atoms with Crippen molar-refractivity contribution in [2.24, 2.45) is 0 Å². The maximum absolute atomic E-state index is 12.5. The van der Waals surface area contributed by atoms with Crippen molar-refractivity contribution in [3.63, 3.8) is 0 Å². The highest BCUT2D eigenvalue weighted by Crippen LogP contribution is 2.27. The second-order valence-corrected chi connectivity index (χ2v) is 7.00. The van der Waals surface area contributed by atoms with Crippen LogP contribution in [0.1, 0.15) is 24.1 Å². The van der Waals surface area contributed by atoms with E-state index < -0.39 is 21.0 Å². The van der Waals surface area contributed by atoms with Crippen LogP contribution in [0.25, 0.3) is 0 Å². The molecule has 8 heteroatoms. The predicted molar refractivity (Wildman–Crippen MR) is 89.6 cm³/mol. The van der Waals surface area contributed by atoms with Gasteiger partial charge in [-0.15, -0.1) is 0 Å². The SMILES string of the molecule is COc1ccccc1[C@H](C)NS(=O)(=O)c1ccc(C)c([N+](=O)[O-])c1. The van der Waals surface area contributed by atoms with Gasteiger partial charge in [0.25, 0.3) is 5.69 Å². The summed E-state index contributed by atoms with van der Waals surface area (Å²) >= 11 is 0. The Morgan fingerprint density at radius 3 is 2.50 bits per heavy atom. The maximum Gasteiger partial charge on any atom is 0.273 e. The minimum Gasteiger partial charge on any atom is -0.496 e. The highest BCUT2D eigenvalue weighted by molar-refractivity contribution is 7.89. The van der Waals surface area contributed by atoms with Crippen molar-refractivity contribution in [1.29, 1.82) is 0 Å². The molecule has 0 unspecified atom stereocenters. The third-order valence-electron chi connectivity index (χ3n) is 3.62. The molecule has 0 aliphatic carbocycles. The zero-order chi connectivity index (χ0) is 17.9. The number of benzene rings is 2. The summed E-state index contributed by atoms with van der Waals surface area (Å²) in [5, 5.41) is 11.0. The van der Waals surface area contributed by atoms with Crippen LogP contribution in [0, 0.1) is 17.0 Å². The van der Waals surface area contributed by atoms with E-state index in [9.17, 15) is 18.5 Å². The first-order valence-electron chi connectivity index (χ1n) is 7.16. The van der Waals surface area contributed by atoms with Crippen molar-refractivity contribution in [2.75, 3.05) is 7.11 Å². The van der Waals surface area contributed by atoms with Gasteiger partial charge in [0.2, 0.25) is 10.0 Å². The highest BCUT2D eigenvalue weighted by atomic mass is 32.2. The number of nitro groups is 1. The van der Waals surface area contributed by atoms with Crippen LogP contribution in [0.15, 0.2) is 47.4 Å². The van der Waals surface area contributed by atoms with E-state index in [1.807, 2.05) is 0 Å². The number of nitrogens with zero attached hydrogens (tertiary/aromatic N) is 1. The molecule has 0 spiro atoms. The summed E-state index contributed by atoms with van der Waals surface area (Å²) < 4.78 is 32.8. The van der Waals surface area contributed by atoms with Crippen molar-refractivity contribution in [2.45, 2.75) is 24.8 Å². The number of para-hydroxylation sites is 1. The number of hydrogen-bond acceptors (Lipinski definition) is 5. The molecule has 0 heterocycles. The molecule has 0 aliphatic rings. The monoisotopic (exact) mass is 350 g/mol. The van der Waals surface area contributed by atoms with Gasteiger partial charge >= 0.3 is 0 Å². The zero-order valence-corrected chi connectivity index (χ0v) is 14.3. The molecule has 128 valence electrons. The Hall–Kier alpha value is -2.45. The van der Waals surface area contributed by atoms with Gasteiger partial charge in [0.1, 0.15) is 5.75 Å². The number of rotatable bonds is 6. The number of methoxy groups -OCH3 is 1. The van der Waals surface area contributed by atoms with E-state index in [1.54, 1.807) is 38.1 Å². The summed E-state index contributed by atoms with van der Waals surface area (Å²) in [6.45, 7) is 3.23. The van der Waals surface area contributed by atoms with E-state index in [0.29, 0.717) is 16.9 Å². The number of aryl methyl sites for hydroxylation is 1. The summed E-state index contributed by atoms with van der Waals surface area (Å²) in [6.07, 6.45) is 0. The van der Waals surface area contributed by atoms with Gasteiger partial charge in [-0.1, -0.05) is 24.3 Å². The number of ether oxygens (including phenoxy) is 1. The molecule has 1 N–H and O–H groups in total. The Balaban J connectivity index is 2.35. The molecule has 1 atom stereocenters. The van der Waals surface area contributed by atoms with Crippen LogP contribution in [-0.2, 0) is 10.0 Å². The molecule has 0 aromatic heterocycles. The number of hydrogen-bond donors (Lipinski definition) is 1. The summed E-state index contributed by atoms with van der Waals surface area (Å²) in [5.41, 5.74) is 0.838. The highest BCUT2D eigenvalue weighted by Gasteiger charge is 2.23. The lowest BCUT2D eigenvalue weighted by Crippen LogP contribution is -2.27. The molecule has 2 aromatic carbocycles. The predicted octanol–water partition coefficient (Wildman–Crippen LogP) is 2.95. The molecule has 0 aliphatic heterocycles. The van der Waals surface area contributed by atoms with Gasteiger partial charge in [-0.05, 0) is 26.0 Å². The van der Waals surface area contributed by atoms with Crippen LogP contribution in [0.3, 0.4) is 0 Å². The normalized spacial score (nSPS) is 12.6. The average Bonchev–Trinajstić information content (AvgIpc) is 2.54. The maximum atomic E-state index is 12.5. The van der Waals surface area contributed by atoms with Crippen LogP contribution >= 0.6 is 0 Å². The first-order chi connectivity index (χ1) is 11.3. The molecule has 0 bridgehead atoms. The minimum absolute atomic E-state index is 0.151. The second-order valence-electron chi connectivity index (χ2n) is 5.29. The summed E-state index contributed by atoms with van der Waals surface area (Å²) in [4.78, 5) is 10.3. The summed E-state index contributed by atoms with van der Waals surface area (Å²) in [6, 6.07) is 10.3. The van der Waals surface area contributed by atoms with Crippen LogP contribution in [0.5, 0.6) is 5.75 Å². The van der Waals surface area contributed by atoms with Gasteiger partial charge in [0, 0.05) is 23.2 Å². The van der Waals surface area contributed by atoms with Crippen LogP contribution in [0.2, 0.25) is 0 Å². The quantitative estimate of drug-likeness (QED) is 0.638. The minimum atomic E-state index is -3.92. The molecule has 7 nitrogen and oxygen atoms in total. The van der Waals surface area contributed by atoms with Crippen molar-refractivity contribution in [3.05, 3.63) is 63.7 Å². The van der Waals surface area contributed by atoms with Crippen LogP contribution in [-0.4, -0.2) is 20.5 Å². The molecular weight excluding hydrogens is 332 g/mol. The third-order valence-corrected chi connectivity index (χ3v) is 5.16. The Kier molecular flexibility index (Phi) is 5.20. The van der Waals surface area contributed by atoms with E-state index in [0.717, 1.165) is 6.07 Å². The van der Waals surface area contributed by atoms with E-state index in [2.05, 4.69) is 4.72 Å². The van der Waals surface area contributed by atoms with E-state index in [4.69, 9.17) is 4.74 Å². The van der Waals surface area contributed by atoms with Crippen molar-refractivity contribution in [1.82, 2.24) is 4.72 Å². The molecule has 0 fully saturated rings. The van der Waals surface area contributed by atoms with Crippen molar-refractivity contribution in [3.8, 4) is 5.75 Å². The number of sulfonamides is 1. The largest absolute Gasteiger partial charge is 0.496 e. The van der Waals surface area contributed by atoms with Crippen LogP contribution < -0.4 is 9.46 Å². The Morgan fingerprint density at radius 1 is 1.21 bits per heavy atom. The molecular formula is C16H18N2O5S. The fraction of sp³-hybridized carbons (Fsp3) is 0.250. The Labute approximate surface area is 140 Å². The molecule has 0 saturated carbocycles. The molecule has 2 rings (SSSR count). The first kappa shape index (κ1) is 17.9. The zero-order valence-electron chi connectivity index (χ0n) is 13.5. The fourth-order valence-electron chi connectivity index (χ4n) is 2.34. The average molecular weight is 350 g/mol. The summed E-state index contributed by atoms with van der Waals surface area (Å²) in [7, 11) is -2.41. The second kappa shape index (κ2) is 6.98. The molecule has 2 aromatic rings. The number of nitro benzene ring substituents is 1. The van der Waals surface area contributed by atoms with E-state index in [-0.39, 0.29) is 10.6 Å². The molecule has 24 heavy (non-hydrogen) atoms. The lowest BCUT2D eigenvalue weighted by Gasteiger charge is -2.17. The van der Waals surface area contributed by atoms with Crippen molar-refractivity contribution < 1.29 is 18.1 Å².